The zero-order chi connectivity index (χ0) is 12.1. The van der Waals surface area contributed by atoms with Crippen molar-refractivity contribution >= 4 is 17.6 Å². The normalized spacial score (nSPS) is 22.9. The van der Waals surface area contributed by atoms with Gasteiger partial charge < -0.3 is 15.2 Å². The molecule has 0 radical (unpaired) electrons. The van der Waals surface area contributed by atoms with Crippen LogP contribution in [0.5, 0.6) is 0 Å². The van der Waals surface area contributed by atoms with Gasteiger partial charge >= 0.3 is 5.97 Å². The highest BCUT2D eigenvalue weighted by atomic mass is 16.5. The number of nitrogens with two attached hydrogens (primary N) is 1. The smallest absolute Gasteiger partial charge is 0.324 e. The fourth-order valence-corrected chi connectivity index (χ4v) is 1.51. The van der Waals surface area contributed by atoms with Crippen LogP contribution in [0.1, 0.15) is 13.3 Å². The zero-order valence-electron chi connectivity index (χ0n) is 9.43. The highest BCUT2D eigenvalue weighted by molar-refractivity contribution is 6.18. The SMILES string of the molecule is COC(=O)C(C(N)=O)C1=NC[C@@H](C)OCC1. The Balaban J connectivity index is 2.85. The topological polar surface area (TPSA) is 91.0 Å². The first-order valence-corrected chi connectivity index (χ1v) is 5.08. The molecule has 2 atom stereocenters. The van der Waals surface area contributed by atoms with Gasteiger partial charge in [-0.2, -0.15) is 0 Å². The van der Waals surface area contributed by atoms with Crippen molar-refractivity contribution in [3.05, 3.63) is 0 Å². The molecule has 16 heavy (non-hydrogen) atoms. The maximum atomic E-state index is 11.4. The van der Waals surface area contributed by atoms with E-state index >= 15 is 0 Å². The van der Waals surface area contributed by atoms with E-state index in [2.05, 4.69) is 9.73 Å². The molecule has 0 saturated carbocycles. The van der Waals surface area contributed by atoms with Gasteiger partial charge in [-0.15, -0.1) is 0 Å². The van der Waals surface area contributed by atoms with E-state index in [9.17, 15) is 9.59 Å². The van der Waals surface area contributed by atoms with Crippen molar-refractivity contribution in [2.24, 2.45) is 16.6 Å². The molecule has 1 heterocycles. The van der Waals surface area contributed by atoms with Gasteiger partial charge in [0.15, 0.2) is 5.92 Å². The lowest BCUT2D eigenvalue weighted by Gasteiger charge is -2.12. The highest BCUT2D eigenvalue weighted by Gasteiger charge is 2.31. The molecule has 1 aliphatic rings. The Kier molecular flexibility index (Phi) is 4.42. The lowest BCUT2D eigenvalue weighted by atomic mass is 10.0. The molecule has 0 fully saturated rings. The molecule has 90 valence electrons. The Labute approximate surface area is 93.8 Å². The van der Waals surface area contributed by atoms with Crippen LogP contribution < -0.4 is 5.73 Å². The second-order valence-corrected chi connectivity index (χ2v) is 3.62. The maximum Gasteiger partial charge on any atom is 0.324 e. The van der Waals surface area contributed by atoms with E-state index in [4.69, 9.17) is 10.5 Å². The number of carbonyl (C=O) groups is 2. The summed E-state index contributed by atoms with van der Waals surface area (Å²) in [5.74, 6) is -2.49. The average molecular weight is 228 g/mol. The molecule has 0 aromatic carbocycles. The van der Waals surface area contributed by atoms with Crippen molar-refractivity contribution in [2.75, 3.05) is 20.3 Å². The monoisotopic (exact) mass is 228 g/mol. The van der Waals surface area contributed by atoms with Crippen LogP contribution in [0.4, 0.5) is 0 Å². The van der Waals surface area contributed by atoms with Gasteiger partial charge in [0.1, 0.15) is 0 Å². The predicted molar refractivity (Wildman–Crippen MR) is 57.0 cm³/mol. The van der Waals surface area contributed by atoms with Crippen molar-refractivity contribution in [3.63, 3.8) is 0 Å². The van der Waals surface area contributed by atoms with E-state index in [0.29, 0.717) is 25.3 Å². The first kappa shape index (κ1) is 12.6. The van der Waals surface area contributed by atoms with E-state index in [-0.39, 0.29) is 6.10 Å². The minimum absolute atomic E-state index is 0.0105. The number of amides is 1. The van der Waals surface area contributed by atoms with Crippen LogP contribution in [0.15, 0.2) is 4.99 Å². The molecule has 0 aliphatic carbocycles. The third kappa shape index (κ3) is 3.03. The average Bonchev–Trinajstić information content (AvgIpc) is 2.43. The maximum absolute atomic E-state index is 11.4. The lowest BCUT2D eigenvalue weighted by Crippen LogP contribution is -2.37. The molecule has 1 aliphatic heterocycles. The first-order chi connectivity index (χ1) is 7.56. The Bertz CT molecular complexity index is 314. The second kappa shape index (κ2) is 5.60. The summed E-state index contributed by atoms with van der Waals surface area (Å²) in [7, 11) is 1.22. The molecule has 0 aromatic heterocycles. The van der Waals surface area contributed by atoms with Gasteiger partial charge in [0, 0.05) is 12.1 Å². The molecular formula is C10H16N2O4. The summed E-state index contributed by atoms with van der Waals surface area (Å²) in [5, 5.41) is 0. The van der Waals surface area contributed by atoms with E-state index in [1.54, 1.807) is 0 Å². The lowest BCUT2D eigenvalue weighted by molar-refractivity contribution is -0.146. The summed E-state index contributed by atoms with van der Waals surface area (Å²) in [6.45, 7) is 2.74. The van der Waals surface area contributed by atoms with Crippen molar-refractivity contribution in [2.45, 2.75) is 19.4 Å². The van der Waals surface area contributed by atoms with Crippen molar-refractivity contribution in [1.82, 2.24) is 0 Å². The molecule has 0 aromatic rings. The van der Waals surface area contributed by atoms with E-state index in [0.717, 1.165) is 0 Å². The number of nitrogens with zero attached hydrogens (tertiary/aromatic N) is 1. The molecule has 1 amide bonds. The number of primary amides is 1. The Morgan fingerprint density at radius 3 is 2.88 bits per heavy atom. The van der Waals surface area contributed by atoms with Gasteiger partial charge in [0.05, 0.1) is 26.4 Å². The standard InChI is InChI=1S/C10H16N2O4/c1-6-5-12-7(3-4-16-6)8(9(11)13)10(14)15-2/h6,8H,3-5H2,1-2H3,(H2,11,13)/t6-,8?/m1/s1. The number of ether oxygens (including phenoxy) is 2. The number of rotatable bonds is 3. The van der Waals surface area contributed by atoms with Crippen molar-refractivity contribution in [3.8, 4) is 0 Å². The minimum Gasteiger partial charge on any atom is -0.468 e. The van der Waals surface area contributed by atoms with Crippen molar-refractivity contribution in [1.29, 1.82) is 0 Å². The Hall–Kier alpha value is -1.43. The zero-order valence-corrected chi connectivity index (χ0v) is 9.43. The van der Waals surface area contributed by atoms with Crippen molar-refractivity contribution < 1.29 is 19.1 Å². The van der Waals surface area contributed by atoms with Crippen LogP contribution >= 0.6 is 0 Å². The van der Waals surface area contributed by atoms with Crippen LogP contribution in [0.25, 0.3) is 0 Å². The summed E-state index contributed by atoms with van der Waals surface area (Å²) in [6, 6.07) is 0. The summed E-state index contributed by atoms with van der Waals surface area (Å²) < 4.78 is 9.89. The molecule has 0 spiro atoms. The largest absolute Gasteiger partial charge is 0.468 e. The van der Waals surface area contributed by atoms with Crippen LogP contribution in [0.3, 0.4) is 0 Å². The highest BCUT2D eigenvalue weighted by Crippen LogP contribution is 2.11. The summed E-state index contributed by atoms with van der Waals surface area (Å²) >= 11 is 0. The molecule has 1 unspecified atom stereocenters. The number of esters is 1. The fraction of sp³-hybridized carbons (Fsp3) is 0.700. The van der Waals surface area contributed by atoms with Crippen LogP contribution in [0, 0.1) is 5.92 Å². The third-order valence-electron chi connectivity index (χ3n) is 2.37. The number of aliphatic imine (C=N–C) groups is 1. The van der Waals surface area contributed by atoms with Gasteiger partial charge in [0.25, 0.3) is 0 Å². The Morgan fingerprint density at radius 2 is 2.31 bits per heavy atom. The van der Waals surface area contributed by atoms with Gasteiger partial charge in [-0.1, -0.05) is 0 Å². The summed E-state index contributed by atoms with van der Waals surface area (Å²) in [6.07, 6.45) is 0.413. The molecular weight excluding hydrogens is 212 g/mol. The van der Waals surface area contributed by atoms with Crippen LogP contribution in [-0.4, -0.2) is 44.0 Å². The molecule has 0 bridgehead atoms. The minimum atomic E-state index is -1.08. The molecule has 2 N–H and O–H groups in total. The summed E-state index contributed by atoms with van der Waals surface area (Å²) in [5.41, 5.74) is 5.62. The van der Waals surface area contributed by atoms with Crippen LogP contribution in [-0.2, 0) is 19.1 Å². The van der Waals surface area contributed by atoms with E-state index < -0.39 is 17.8 Å². The number of hydrogen-bond donors (Lipinski definition) is 1. The number of hydrogen-bond acceptors (Lipinski definition) is 5. The van der Waals surface area contributed by atoms with Gasteiger partial charge in [-0.3, -0.25) is 14.6 Å². The molecule has 0 saturated heterocycles. The fourth-order valence-electron chi connectivity index (χ4n) is 1.51. The second-order valence-electron chi connectivity index (χ2n) is 3.62. The van der Waals surface area contributed by atoms with Gasteiger partial charge in [-0.05, 0) is 6.92 Å². The van der Waals surface area contributed by atoms with Crippen LogP contribution in [0.2, 0.25) is 0 Å². The van der Waals surface area contributed by atoms with Gasteiger partial charge in [0.2, 0.25) is 5.91 Å². The van der Waals surface area contributed by atoms with E-state index in [1.807, 2.05) is 6.92 Å². The third-order valence-corrected chi connectivity index (χ3v) is 2.37. The van der Waals surface area contributed by atoms with Gasteiger partial charge in [-0.25, -0.2) is 0 Å². The Morgan fingerprint density at radius 1 is 1.62 bits per heavy atom. The first-order valence-electron chi connectivity index (χ1n) is 5.08. The predicted octanol–water partition coefficient (Wildman–Crippen LogP) is -0.489. The van der Waals surface area contributed by atoms with E-state index in [1.165, 1.54) is 7.11 Å². The molecule has 6 heteroatoms. The molecule has 6 nitrogen and oxygen atoms in total. The summed E-state index contributed by atoms with van der Waals surface area (Å²) in [4.78, 5) is 26.8. The number of carbonyl (C=O) groups excluding carboxylic acids is 2. The quantitative estimate of drug-likeness (QED) is 0.521. The number of methoxy groups -OCH3 is 1. The molecule has 1 rings (SSSR count).